The molecule has 0 bridgehead atoms. The van der Waals surface area contributed by atoms with Crippen molar-refractivity contribution in [3.05, 3.63) is 34.6 Å². The summed E-state index contributed by atoms with van der Waals surface area (Å²) in [6.07, 6.45) is 0.677. The van der Waals surface area contributed by atoms with Crippen LogP contribution < -0.4 is 5.73 Å². The van der Waals surface area contributed by atoms with E-state index in [0.29, 0.717) is 23.7 Å². The van der Waals surface area contributed by atoms with Gasteiger partial charge in [0, 0.05) is 23.1 Å². The van der Waals surface area contributed by atoms with Crippen molar-refractivity contribution in [1.82, 2.24) is 0 Å². The highest BCUT2D eigenvalue weighted by atomic mass is 35.5. The van der Waals surface area contributed by atoms with Crippen molar-refractivity contribution in [3.63, 3.8) is 0 Å². The number of nitrogens with two attached hydrogens (primary N) is 1. The minimum Gasteiger partial charge on any atom is -0.373 e. The zero-order valence-electron chi connectivity index (χ0n) is 8.25. The van der Waals surface area contributed by atoms with Crippen LogP contribution in [0.5, 0.6) is 0 Å². The van der Waals surface area contributed by atoms with Crippen LogP contribution in [0.15, 0.2) is 18.2 Å². The first-order valence-corrected chi connectivity index (χ1v) is 5.37. The number of hydrogen-bond donors (Lipinski definition) is 1. The zero-order valence-corrected chi connectivity index (χ0v) is 9.01. The highest BCUT2D eigenvalue weighted by Gasteiger charge is 2.30. The summed E-state index contributed by atoms with van der Waals surface area (Å²) < 4.78 is 19.1. The summed E-state index contributed by atoms with van der Waals surface area (Å²) >= 11 is 5.69. The molecule has 0 radical (unpaired) electrons. The van der Waals surface area contributed by atoms with E-state index in [-0.39, 0.29) is 17.8 Å². The van der Waals surface area contributed by atoms with Crippen molar-refractivity contribution in [2.75, 3.05) is 13.2 Å². The van der Waals surface area contributed by atoms with Gasteiger partial charge in [-0.3, -0.25) is 0 Å². The van der Waals surface area contributed by atoms with Gasteiger partial charge in [0.1, 0.15) is 5.82 Å². The average Bonchev–Trinajstić information content (AvgIpc) is 2.65. The van der Waals surface area contributed by atoms with E-state index in [1.54, 1.807) is 12.1 Å². The minimum atomic E-state index is -0.312. The largest absolute Gasteiger partial charge is 0.373 e. The molecule has 1 aromatic rings. The molecule has 0 saturated carbocycles. The Morgan fingerprint density at radius 3 is 3.00 bits per heavy atom. The smallest absolute Gasteiger partial charge is 0.130 e. The van der Waals surface area contributed by atoms with Crippen LogP contribution in [-0.2, 0) is 4.74 Å². The Kier molecular flexibility index (Phi) is 3.24. The number of rotatable bonds is 2. The Morgan fingerprint density at radius 2 is 2.33 bits per heavy atom. The molecule has 0 aromatic heterocycles. The van der Waals surface area contributed by atoms with Crippen LogP contribution in [0.3, 0.4) is 0 Å². The molecule has 0 amide bonds. The molecule has 1 aliphatic heterocycles. The van der Waals surface area contributed by atoms with E-state index in [0.717, 1.165) is 6.42 Å². The Hall–Kier alpha value is -0.640. The molecule has 0 aliphatic carbocycles. The molecule has 15 heavy (non-hydrogen) atoms. The summed E-state index contributed by atoms with van der Waals surface area (Å²) in [5.74, 6) is -0.103. The van der Waals surface area contributed by atoms with Gasteiger partial charge in [-0.05, 0) is 25.1 Å². The third-order valence-electron chi connectivity index (χ3n) is 2.79. The number of hydrogen-bond acceptors (Lipinski definition) is 2. The molecule has 2 nitrogen and oxygen atoms in total. The van der Waals surface area contributed by atoms with Crippen LogP contribution in [-0.4, -0.2) is 13.2 Å². The molecule has 2 rings (SSSR count). The quantitative estimate of drug-likeness (QED) is 0.846. The molecule has 1 saturated heterocycles. The molecule has 2 atom stereocenters. The van der Waals surface area contributed by atoms with Gasteiger partial charge < -0.3 is 10.5 Å². The maximum atomic E-state index is 13.6. The van der Waals surface area contributed by atoms with Gasteiger partial charge in [0.25, 0.3) is 0 Å². The number of ether oxygens (including phenoxy) is 1. The second-order valence-corrected chi connectivity index (χ2v) is 4.18. The second-order valence-electron chi connectivity index (χ2n) is 3.74. The molecule has 1 aliphatic rings. The molecule has 1 fully saturated rings. The topological polar surface area (TPSA) is 35.2 Å². The number of halogens is 2. The van der Waals surface area contributed by atoms with Gasteiger partial charge in [0.05, 0.1) is 6.10 Å². The van der Waals surface area contributed by atoms with Gasteiger partial charge in [-0.25, -0.2) is 4.39 Å². The van der Waals surface area contributed by atoms with Crippen molar-refractivity contribution in [2.45, 2.75) is 12.5 Å². The fourth-order valence-corrected chi connectivity index (χ4v) is 2.11. The molecular formula is C11H13ClFNO. The van der Waals surface area contributed by atoms with Gasteiger partial charge in [0.2, 0.25) is 0 Å². The first-order valence-electron chi connectivity index (χ1n) is 4.99. The minimum absolute atomic E-state index is 0.209. The predicted molar refractivity (Wildman–Crippen MR) is 57.3 cm³/mol. The standard InChI is InChI=1S/C11H13ClFNO/c12-8-1-2-9(10(13)5-8)11-7(6-14)3-4-15-11/h1-2,5,7,11H,3-4,6,14H2. The summed E-state index contributed by atoms with van der Waals surface area (Å²) in [7, 11) is 0. The summed E-state index contributed by atoms with van der Waals surface area (Å²) in [6, 6.07) is 4.66. The molecule has 82 valence electrons. The molecular weight excluding hydrogens is 217 g/mol. The maximum Gasteiger partial charge on any atom is 0.130 e. The normalized spacial score (nSPS) is 25.8. The van der Waals surface area contributed by atoms with Crippen LogP contribution in [0.25, 0.3) is 0 Å². The molecule has 2 N–H and O–H groups in total. The van der Waals surface area contributed by atoms with E-state index < -0.39 is 0 Å². The molecule has 2 unspecified atom stereocenters. The van der Waals surface area contributed by atoms with Crippen molar-refractivity contribution in [2.24, 2.45) is 11.7 Å². The zero-order chi connectivity index (χ0) is 10.8. The second kappa shape index (κ2) is 4.47. The van der Waals surface area contributed by atoms with Crippen molar-refractivity contribution >= 4 is 11.6 Å². The van der Waals surface area contributed by atoms with E-state index in [1.807, 2.05) is 0 Å². The van der Waals surface area contributed by atoms with Gasteiger partial charge >= 0.3 is 0 Å². The van der Waals surface area contributed by atoms with E-state index in [9.17, 15) is 4.39 Å². The summed E-state index contributed by atoms with van der Waals surface area (Å²) in [4.78, 5) is 0. The Morgan fingerprint density at radius 1 is 1.53 bits per heavy atom. The molecule has 1 heterocycles. The Bertz CT molecular complexity index is 358. The summed E-state index contributed by atoms with van der Waals surface area (Å²) in [5, 5.41) is 0.401. The Balaban J connectivity index is 2.28. The summed E-state index contributed by atoms with van der Waals surface area (Å²) in [6.45, 7) is 1.17. The van der Waals surface area contributed by atoms with Crippen LogP contribution in [0, 0.1) is 11.7 Å². The van der Waals surface area contributed by atoms with Crippen molar-refractivity contribution in [1.29, 1.82) is 0 Å². The third-order valence-corrected chi connectivity index (χ3v) is 3.02. The molecule has 4 heteroatoms. The van der Waals surface area contributed by atoms with Gasteiger partial charge in [-0.1, -0.05) is 17.7 Å². The SMILES string of the molecule is NCC1CCOC1c1ccc(Cl)cc1F. The fourth-order valence-electron chi connectivity index (χ4n) is 1.95. The van der Waals surface area contributed by atoms with Gasteiger partial charge in [-0.2, -0.15) is 0 Å². The molecule has 0 spiro atoms. The van der Waals surface area contributed by atoms with E-state index >= 15 is 0 Å². The van der Waals surface area contributed by atoms with Crippen LogP contribution in [0.1, 0.15) is 18.1 Å². The average molecular weight is 230 g/mol. The Labute approximate surface area is 93.2 Å². The fraction of sp³-hybridized carbons (Fsp3) is 0.455. The number of benzene rings is 1. The lowest BCUT2D eigenvalue weighted by atomic mass is 9.95. The third kappa shape index (κ3) is 2.14. The highest BCUT2D eigenvalue weighted by Crippen LogP contribution is 2.35. The van der Waals surface area contributed by atoms with Crippen molar-refractivity contribution in [3.8, 4) is 0 Å². The lowest BCUT2D eigenvalue weighted by Gasteiger charge is -2.17. The van der Waals surface area contributed by atoms with E-state index in [1.165, 1.54) is 6.07 Å². The van der Waals surface area contributed by atoms with Crippen LogP contribution >= 0.6 is 11.6 Å². The van der Waals surface area contributed by atoms with Crippen LogP contribution in [0.4, 0.5) is 4.39 Å². The van der Waals surface area contributed by atoms with Crippen molar-refractivity contribution < 1.29 is 9.13 Å². The van der Waals surface area contributed by atoms with E-state index in [4.69, 9.17) is 22.1 Å². The maximum absolute atomic E-state index is 13.6. The summed E-state index contributed by atoms with van der Waals surface area (Å²) in [5.41, 5.74) is 6.18. The van der Waals surface area contributed by atoms with Crippen LogP contribution in [0.2, 0.25) is 5.02 Å². The monoisotopic (exact) mass is 229 g/mol. The lowest BCUT2D eigenvalue weighted by molar-refractivity contribution is 0.0894. The molecule has 1 aromatic carbocycles. The van der Waals surface area contributed by atoms with E-state index in [2.05, 4.69) is 0 Å². The predicted octanol–water partition coefficient (Wildman–Crippen LogP) is 2.52. The highest BCUT2D eigenvalue weighted by molar-refractivity contribution is 6.30. The van der Waals surface area contributed by atoms with Gasteiger partial charge in [0.15, 0.2) is 0 Å². The van der Waals surface area contributed by atoms with Gasteiger partial charge in [-0.15, -0.1) is 0 Å². The first-order chi connectivity index (χ1) is 7.22. The first kappa shape index (κ1) is 10.9. The lowest BCUT2D eigenvalue weighted by Crippen LogP contribution is -2.18.